The number of Topliss-reactive ketones (excluding diaryl/α,β-unsaturated/α-hetero) is 1. The summed E-state index contributed by atoms with van der Waals surface area (Å²) in [5.41, 5.74) is 0. The normalized spacial score (nSPS) is 6.92. The van der Waals surface area contributed by atoms with Crippen LogP contribution in [0.2, 0.25) is 0 Å². The van der Waals surface area contributed by atoms with Crippen LogP contribution in [0, 0.1) is 10.1 Å². The zero-order valence-corrected chi connectivity index (χ0v) is 9.90. The van der Waals surface area contributed by atoms with Gasteiger partial charge in [0.05, 0.1) is 6.61 Å². The third-order valence-corrected chi connectivity index (χ3v) is 0.699. The molecule has 0 saturated carbocycles. The molecular formula is C6H10NNaO5. The van der Waals surface area contributed by atoms with Crippen LogP contribution in [0.4, 0.5) is 0 Å². The molecule has 0 rings (SSSR count). The van der Waals surface area contributed by atoms with Crippen LogP contribution in [0.15, 0.2) is 5.34 Å². The number of hydrogen-bond donors (Lipinski definition) is 0. The molecule has 13 heavy (non-hydrogen) atoms. The van der Waals surface area contributed by atoms with E-state index in [1.165, 1.54) is 6.92 Å². The Morgan fingerprint density at radius 2 is 1.85 bits per heavy atom. The van der Waals surface area contributed by atoms with Crippen LogP contribution in [-0.2, 0) is 14.3 Å². The summed E-state index contributed by atoms with van der Waals surface area (Å²) in [5, 5.41) is 9.00. The largest absolute Gasteiger partial charge is 1.00 e. The first kappa shape index (κ1) is 18.3. The summed E-state index contributed by atoms with van der Waals surface area (Å²) >= 11 is 0. The maximum absolute atomic E-state index is 10.4. The zero-order valence-electron chi connectivity index (χ0n) is 7.90. The predicted molar refractivity (Wildman–Crippen MR) is 41.1 cm³/mol. The average molecular weight is 199 g/mol. The second-order valence-corrected chi connectivity index (χ2v) is 1.76. The van der Waals surface area contributed by atoms with Gasteiger partial charge in [-0.2, -0.15) is 0 Å². The standard InChI is InChI=1S/C6H10O3.HNO2.Na/c1-3-9-6(8)4-5(2)7;2-1-3;/h3-4H2,1-2H3;(H,2,3);/q;;+1/p-1. The summed E-state index contributed by atoms with van der Waals surface area (Å²) in [6, 6.07) is 0. The van der Waals surface area contributed by atoms with Crippen molar-refractivity contribution in [2.24, 2.45) is 5.34 Å². The molecule has 0 N–H and O–H groups in total. The third kappa shape index (κ3) is 24.6. The molecule has 0 saturated heterocycles. The van der Waals surface area contributed by atoms with E-state index in [0.29, 0.717) is 6.61 Å². The molecule has 0 bridgehead atoms. The Bertz CT molecular complexity index is 161. The Hall–Kier alpha value is -0.460. The fourth-order valence-corrected chi connectivity index (χ4v) is 0.415. The van der Waals surface area contributed by atoms with Gasteiger partial charge in [0, 0.05) is 0 Å². The van der Waals surface area contributed by atoms with Gasteiger partial charge in [-0.3, -0.25) is 9.59 Å². The molecule has 0 aromatic carbocycles. The summed E-state index contributed by atoms with van der Waals surface area (Å²) in [7, 11) is 0. The molecule has 6 nitrogen and oxygen atoms in total. The molecule has 0 radical (unpaired) electrons. The number of rotatable bonds is 3. The molecule has 0 aromatic rings. The minimum absolute atomic E-state index is 0. The quantitative estimate of drug-likeness (QED) is 0.169. The van der Waals surface area contributed by atoms with E-state index in [4.69, 9.17) is 10.1 Å². The molecule has 0 atom stereocenters. The van der Waals surface area contributed by atoms with Crippen LogP contribution in [0.25, 0.3) is 0 Å². The first-order chi connectivity index (χ1) is 5.58. The van der Waals surface area contributed by atoms with Crippen molar-refractivity contribution >= 4 is 11.8 Å². The minimum Gasteiger partial charge on any atom is -0.466 e. The smallest absolute Gasteiger partial charge is 0.466 e. The van der Waals surface area contributed by atoms with E-state index in [9.17, 15) is 9.59 Å². The van der Waals surface area contributed by atoms with Gasteiger partial charge >= 0.3 is 35.5 Å². The van der Waals surface area contributed by atoms with E-state index in [1.807, 2.05) is 0 Å². The Kier molecular flexibility index (Phi) is 19.9. The summed E-state index contributed by atoms with van der Waals surface area (Å²) in [6.45, 7) is 3.40. The number of nitrogens with zero attached hydrogens (tertiary/aromatic N) is 1. The van der Waals surface area contributed by atoms with Crippen LogP contribution >= 0.6 is 0 Å². The molecule has 7 heteroatoms. The van der Waals surface area contributed by atoms with Crippen molar-refractivity contribution in [2.45, 2.75) is 20.3 Å². The van der Waals surface area contributed by atoms with Gasteiger partial charge in [-0.1, -0.05) is 0 Å². The Balaban J connectivity index is -0.000000220. The van der Waals surface area contributed by atoms with Crippen LogP contribution in [0.1, 0.15) is 20.3 Å². The number of hydrogen-bond acceptors (Lipinski definition) is 6. The van der Waals surface area contributed by atoms with Crippen LogP contribution in [0.5, 0.6) is 0 Å². The number of ether oxygens (including phenoxy) is 1. The van der Waals surface area contributed by atoms with Gasteiger partial charge in [-0.05, 0) is 13.8 Å². The number of esters is 1. The number of ketones is 1. The van der Waals surface area contributed by atoms with Crippen molar-refractivity contribution < 1.29 is 43.9 Å². The molecule has 0 spiro atoms. The number of carbonyl (C=O) groups excluding carboxylic acids is 2. The minimum atomic E-state index is -0.440. The maximum atomic E-state index is 10.4. The van der Waals surface area contributed by atoms with Crippen molar-refractivity contribution in [2.75, 3.05) is 6.61 Å². The Morgan fingerprint density at radius 1 is 1.46 bits per heavy atom. The van der Waals surface area contributed by atoms with Crippen molar-refractivity contribution in [3.8, 4) is 0 Å². The monoisotopic (exact) mass is 199 g/mol. The van der Waals surface area contributed by atoms with Gasteiger partial charge in [0.25, 0.3) is 0 Å². The van der Waals surface area contributed by atoms with E-state index in [1.54, 1.807) is 6.92 Å². The second-order valence-electron chi connectivity index (χ2n) is 1.76. The molecule has 0 aliphatic heterocycles. The summed E-state index contributed by atoms with van der Waals surface area (Å²) in [4.78, 5) is 28.6. The fraction of sp³-hybridized carbons (Fsp3) is 0.667. The first-order valence-corrected chi connectivity index (χ1v) is 3.18. The first-order valence-electron chi connectivity index (χ1n) is 3.18. The van der Waals surface area contributed by atoms with E-state index in [0.717, 1.165) is 5.34 Å². The van der Waals surface area contributed by atoms with Crippen molar-refractivity contribution in [1.29, 1.82) is 0 Å². The maximum Gasteiger partial charge on any atom is 1.00 e. The summed E-state index contributed by atoms with van der Waals surface area (Å²) in [6.07, 6.45) is -0.103. The third-order valence-electron chi connectivity index (χ3n) is 0.699. The van der Waals surface area contributed by atoms with E-state index in [-0.39, 0.29) is 41.8 Å². The Labute approximate surface area is 97.9 Å². The second kappa shape index (κ2) is 14.1. The summed E-state index contributed by atoms with van der Waals surface area (Å²) < 4.78 is 4.49. The molecule has 0 fully saturated rings. The number of carbonyl (C=O) groups is 2. The molecule has 0 aliphatic carbocycles. The average Bonchev–Trinajstić information content (AvgIpc) is 1.87. The van der Waals surface area contributed by atoms with E-state index >= 15 is 0 Å². The molecule has 0 aromatic heterocycles. The molecule has 0 amide bonds. The molecule has 0 unspecified atom stereocenters. The van der Waals surface area contributed by atoms with E-state index in [2.05, 4.69) is 4.74 Å². The van der Waals surface area contributed by atoms with Crippen molar-refractivity contribution in [3.05, 3.63) is 10.1 Å². The molecule has 0 heterocycles. The van der Waals surface area contributed by atoms with Crippen LogP contribution in [0.3, 0.4) is 0 Å². The van der Waals surface area contributed by atoms with E-state index < -0.39 is 5.97 Å². The fourth-order valence-electron chi connectivity index (χ4n) is 0.415. The molecule has 70 valence electrons. The molecular weight excluding hydrogens is 189 g/mol. The topological polar surface area (TPSA) is 95.9 Å². The van der Waals surface area contributed by atoms with Crippen molar-refractivity contribution in [1.82, 2.24) is 0 Å². The van der Waals surface area contributed by atoms with Crippen molar-refractivity contribution in [3.63, 3.8) is 0 Å². The SMILES string of the molecule is CCOC(=O)CC(C)=O.O=N[O-].[Na+]. The van der Waals surface area contributed by atoms with Gasteiger partial charge in [0.15, 0.2) is 0 Å². The van der Waals surface area contributed by atoms with Gasteiger partial charge in [-0.15, -0.1) is 5.34 Å². The van der Waals surface area contributed by atoms with Gasteiger partial charge in [0.1, 0.15) is 12.2 Å². The van der Waals surface area contributed by atoms with Crippen LogP contribution in [-0.4, -0.2) is 18.4 Å². The van der Waals surface area contributed by atoms with Gasteiger partial charge in [0.2, 0.25) is 0 Å². The Morgan fingerprint density at radius 3 is 2.08 bits per heavy atom. The van der Waals surface area contributed by atoms with Gasteiger partial charge < -0.3 is 14.9 Å². The zero-order chi connectivity index (χ0) is 9.98. The predicted octanol–water partition coefficient (Wildman–Crippen LogP) is -2.22. The summed E-state index contributed by atoms with van der Waals surface area (Å²) in [5.74, 6) is -0.599. The van der Waals surface area contributed by atoms with Gasteiger partial charge in [-0.25, -0.2) is 0 Å². The molecule has 0 aliphatic rings. The van der Waals surface area contributed by atoms with Crippen LogP contribution < -0.4 is 29.6 Å².